The molecule has 1 aliphatic heterocycles. The number of aromatic nitrogens is 4. The fourth-order valence-corrected chi connectivity index (χ4v) is 4.88. The van der Waals surface area contributed by atoms with Crippen molar-refractivity contribution < 1.29 is 0 Å². The molecule has 6 rings (SSSR count). The van der Waals surface area contributed by atoms with Gasteiger partial charge in [0, 0.05) is 36.7 Å². The summed E-state index contributed by atoms with van der Waals surface area (Å²) in [6, 6.07) is 7.06. The van der Waals surface area contributed by atoms with Crippen LogP contribution in [0.5, 0.6) is 0 Å². The molecule has 6 heteroatoms. The van der Waals surface area contributed by atoms with Crippen LogP contribution >= 0.6 is 0 Å². The fraction of sp³-hybridized carbons (Fsp3) is 0.522. The molecule has 2 aliphatic carbocycles. The lowest BCUT2D eigenvalue weighted by Crippen LogP contribution is -2.41. The van der Waals surface area contributed by atoms with E-state index in [-0.39, 0.29) is 0 Å². The van der Waals surface area contributed by atoms with Crippen LogP contribution in [0.1, 0.15) is 54.8 Å². The van der Waals surface area contributed by atoms with Crippen LogP contribution in [0, 0.1) is 5.92 Å². The van der Waals surface area contributed by atoms with E-state index in [1.807, 2.05) is 6.20 Å². The summed E-state index contributed by atoms with van der Waals surface area (Å²) < 4.78 is 2.18. The zero-order valence-corrected chi connectivity index (χ0v) is 17.0. The van der Waals surface area contributed by atoms with Gasteiger partial charge in [-0.05, 0) is 62.9 Å². The maximum Gasteiger partial charge on any atom is 0.0927 e. The molecule has 1 saturated heterocycles. The number of hydrogen-bond donors (Lipinski definition) is 1. The Labute approximate surface area is 171 Å². The van der Waals surface area contributed by atoms with Crippen LogP contribution in [0.4, 0.5) is 0 Å². The molecule has 1 aromatic carbocycles. The van der Waals surface area contributed by atoms with Crippen LogP contribution in [0.3, 0.4) is 0 Å². The third-order valence-electron chi connectivity index (χ3n) is 7.02. The van der Waals surface area contributed by atoms with E-state index in [4.69, 9.17) is 20.8 Å². The number of nitrogens with two attached hydrogens (primary N) is 1. The number of hydrogen-bond acceptors (Lipinski definition) is 5. The first kappa shape index (κ1) is 17.5. The minimum atomic E-state index is 0.491. The van der Waals surface area contributed by atoms with Gasteiger partial charge in [0.1, 0.15) is 0 Å². The minimum Gasteiger partial charge on any atom is -0.330 e. The monoisotopic (exact) mass is 388 g/mol. The van der Waals surface area contributed by atoms with Crippen LogP contribution < -0.4 is 5.73 Å². The van der Waals surface area contributed by atoms with E-state index in [2.05, 4.69) is 41.0 Å². The summed E-state index contributed by atoms with van der Waals surface area (Å²) >= 11 is 0. The molecule has 2 saturated carbocycles. The van der Waals surface area contributed by atoms with E-state index in [0.29, 0.717) is 23.8 Å². The molecule has 2 aromatic heterocycles. The summed E-state index contributed by atoms with van der Waals surface area (Å²) in [7, 11) is 2.17. The normalized spacial score (nSPS) is 25.2. The van der Waals surface area contributed by atoms with Crippen LogP contribution in [-0.2, 0) is 0 Å². The molecule has 6 nitrogen and oxygen atoms in total. The van der Waals surface area contributed by atoms with Crippen molar-refractivity contribution in [1.29, 1.82) is 0 Å². The van der Waals surface area contributed by atoms with Crippen LogP contribution in [0.25, 0.3) is 22.3 Å². The van der Waals surface area contributed by atoms with Crippen molar-refractivity contribution in [1.82, 2.24) is 24.6 Å². The van der Waals surface area contributed by atoms with Crippen molar-refractivity contribution in [2.45, 2.75) is 43.6 Å². The quantitative estimate of drug-likeness (QED) is 0.726. The van der Waals surface area contributed by atoms with Crippen molar-refractivity contribution >= 4 is 11.0 Å². The lowest BCUT2D eigenvalue weighted by molar-refractivity contribution is 0.189. The molecule has 0 unspecified atom stereocenters. The third kappa shape index (κ3) is 3.06. The summed E-state index contributed by atoms with van der Waals surface area (Å²) in [5.41, 5.74) is 12.5. The third-order valence-corrected chi connectivity index (χ3v) is 7.02. The lowest BCUT2D eigenvalue weighted by Gasteiger charge is -2.36. The molecule has 3 aromatic rings. The Kier molecular flexibility index (Phi) is 4.00. The van der Waals surface area contributed by atoms with E-state index in [9.17, 15) is 0 Å². The molecule has 0 amide bonds. The van der Waals surface area contributed by atoms with Crippen molar-refractivity contribution in [3.05, 3.63) is 41.9 Å². The maximum atomic E-state index is 5.82. The second kappa shape index (κ2) is 6.61. The minimum absolute atomic E-state index is 0.491. The van der Waals surface area contributed by atoms with E-state index in [0.717, 1.165) is 49.2 Å². The van der Waals surface area contributed by atoms with Gasteiger partial charge in [0.15, 0.2) is 0 Å². The van der Waals surface area contributed by atoms with Crippen molar-refractivity contribution in [3.63, 3.8) is 0 Å². The second-order valence-corrected chi connectivity index (χ2v) is 9.33. The fourth-order valence-electron chi connectivity index (χ4n) is 4.88. The number of likely N-dealkylation sites (N-methyl/N-ethyl adjacent to an activating group) is 1. The van der Waals surface area contributed by atoms with Crippen molar-refractivity contribution in [2.24, 2.45) is 11.7 Å². The largest absolute Gasteiger partial charge is 0.330 e. The zero-order valence-electron chi connectivity index (χ0n) is 17.0. The number of rotatable bonds is 5. The first-order chi connectivity index (χ1) is 14.2. The van der Waals surface area contributed by atoms with Crippen LogP contribution in [0.15, 0.2) is 30.6 Å². The highest BCUT2D eigenvalue weighted by Gasteiger charge is 2.34. The summed E-state index contributed by atoms with van der Waals surface area (Å²) in [4.78, 5) is 12.1. The Morgan fingerprint density at radius 2 is 1.93 bits per heavy atom. The van der Waals surface area contributed by atoms with Crippen LogP contribution in [-0.4, -0.2) is 51.3 Å². The molecule has 3 fully saturated rings. The van der Waals surface area contributed by atoms with Crippen molar-refractivity contribution in [2.75, 3.05) is 26.7 Å². The molecular weight excluding hydrogens is 360 g/mol. The van der Waals surface area contributed by atoms with Gasteiger partial charge in [0.2, 0.25) is 0 Å². The van der Waals surface area contributed by atoms with Gasteiger partial charge in [-0.2, -0.15) is 5.10 Å². The van der Waals surface area contributed by atoms with Crippen molar-refractivity contribution in [3.8, 4) is 11.3 Å². The number of nitrogens with zero attached hydrogens (tertiary/aromatic N) is 5. The second-order valence-electron chi connectivity index (χ2n) is 9.33. The Bertz CT molecular complexity index is 1060. The maximum absolute atomic E-state index is 5.82. The van der Waals surface area contributed by atoms with Gasteiger partial charge in [-0.15, -0.1) is 0 Å². The van der Waals surface area contributed by atoms with E-state index >= 15 is 0 Å². The summed E-state index contributed by atoms with van der Waals surface area (Å²) in [5, 5.41) is 5.00. The molecule has 0 radical (unpaired) electrons. The molecule has 0 spiro atoms. The van der Waals surface area contributed by atoms with Gasteiger partial charge in [-0.3, -0.25) is 9.67 Å². The Morgan fingerprint density at radius 3 is 2.66 bits per heavy atom. The molecule has 150 valence electrons. The average molecular weight is 389 g/mol. The highest BCUT2D eigenvalue weighted by Crippen LogP contribution is 2.45. The Balaban J connectivity index is 1.35. The first-order valence-electron chi connectivity index (χ1n) is 10.9. The van der Waals surface area contributed by atoms with E-state index < -0.39 is 0 Å². The predicted molar refractivity (Wildman–Crippen MR) is 114 cm³/mol. The van der Waals surface area contributed by atoms with Gasteiger partial charge in [-0.25, -0.2) is 4.98 Å². The standard InChI is InChI=1S/C23H28N6/c1-28-11-17(12-28)16-4-5-20-21(8-16)26-22(10-25-20)19-13-29(18-6-14(7-18)9-24)27-23(19)15-2-3-15/h4-5,8,10,13-15,17-18H,2-3,6-7,9,11-12,24H2,1H3. The molecule has 0 atom stereocenters. The Hall–Kier alpha value is -2.31. The van der Waals surface area contributed by atoms with Gasteiger partial charge >= 0.3 is 0 Å². The van der Waals surface area contributed by atoms with Gasteiger partial charge in [0.25, 0.3) is 0 Å². The van der Waals surface area contributed by atoms with E-state index in [1.165, 1.54) is 29.7 Å². The topological polar surface area (TPSA) is 72.9 Å². The summed E-state index contributed by atoms with van der Waals surface area (Å²) in [6.07, 6.45) is 8.90. The van der Waals surface area contributed by atoms with Gasteiger partial charge < -0.3 is 10.6 Å². The summed E-state index contributed by atoms with van der Waals surface area (Å²) in [5.74, 6) is 1.86. The van der Waals surface area contributed by atoms with Gasteiger partial charge in [0.05, 0.1) is 34.7 Å². The molecule has 29 heavy (non-hydrogen) atoms. The molecule has 3 heterocycles. The predicted octanol–water partition coefficient (Wildman–Crippen LogP) is 3.31. The molecule has 0 bridgehead atoms. The van der Waals surface area contributed by atoms with Gasteiger partial charge in [-0.1, -0.05) is 6.07 Å². The number of likely N-dealkylation sites (tertiary alicyclic amines) is 1. The summed E-state index contributed by atoms with van der Waals surface area (Å²) in [6.45, 7) is 3.04. The highest BCUT2D eigenvalue weighted by atomic mass is 15.3. The SMILES string of the molecule is CN1CC(c2ccc3ncc(-c4cn(C5CC(CN)C5)nc4C4CC4)nc3c2)C1. The molecule has 2 N–H and O–H groups in total. The van der Waals surface area contributed by atoms with E-state index in [1.54, 1.807) is 0 Å². The van der Waals surface area contributed by atoms with Crippen LogP contribution in [0.2, 0.25) is 0 Å². The Morgan fingerprint density at radius 1 is 1.10 bits per heavy atom. The number of fused-ring (bicyclic) bond motifs is 1. The zero-order chi connectivity index (χ0) is 19.5. The highest BCUT2D eigenvalue weighted by molar-refractivity contribution is 5.78. The first-order valence-corrected chi connectivity index (χ1v) is 10.9. The smallest absolute Gasteiger partial charge is 0.0927 e. The average Bonchev–Trinajstić information content (AvgIpc) is 3.43. The molecular formula is C23H28N6. The molecule has 3 aliphatic rings. The lowest BCUT2D eigenvalue weighted by atomic mass is 9.80. The number of benzene rings is 1.